The number of ether oxygens (including phenoxy) is 1. The first-order valence-electron chi connectivity index (χ1n) is 10.8. The van der Waals surface area contributed by atoms with Crippen molar-refractivity contribution >= 4 is 27.3 Å². The number of carbonyl (C=O) groups excluding carboxylic acids is 1. The summed E-state index contributed by atoms with van der Waals surface area (Å²) < 4.78 is 33.9. The lowest BCUT2D eigenvalue weighted by Crippen LogP contribution is -2.42. The molecule has 0 saturated heterocycles. The van der Waals surface area contributed by atoms with Gasteiger partial charge in [0, 0.05) is 43.8 Å². The Hall–Kier alpha value is -3.63. The van der Waals surface area contributed by atoms with Crippen molar-refractivity contribution in [2.45, 2.75) is 11.8 Å². The molecule has 9 nitrogen and oxygen atoms in total. The maximum absolute atomic E-state index is 13.4. The zero-order valence-electron chi connectivity index (χ0n) is 19.0. The lowest BCUT2D eigenvalue weighted by Gasteiger charge is -2.25. The van der Waals surface area contributed by atoms with E-state index in [2.05, 4.69) is 15.6 Å². The van der Waals surface area contributed by atoms with Crippen molar-refractivity contribution in [1.82, 2.24) is 10.3 Å². The van der Waals surface area contributed by atoms with Gasteiger partial charge in [0.05, 0.1) is 10.6 Å². The van der Waals surface area contributed by atoms with Gasteiger partial charge in [-0.3, -0.25) is 14.1 Å². The Balaban J connectivity index is 1.81. The number of anilines is 2. The Morgan fingerprint density at radius 1 is 1.06 bits per heavy atom. The molecule has 0 bridgehead atoms. The molecule has 1 aromatic heterocycles. The molecule has 0 aliphatic carbocycles. The van der Waals surface area contributed by atoms with Gasteiger partial charge in [-0.05, 0) is 48.9 Å². The number of hydrogen-bond acceptors (Lipinski definition) is 7. The molecular weight excluding hydrogens is 454 g/mol. The van der Waals surface area contributed by atoms with Crippen LogP contribution in [-0.4, -0.2) is 52.1 Å². The van der Waals surface area contributed by atoms with Crippen LogP contribution in [0.5, 0.6) is 5.75 Å². The van der Waals surface area contributed by atoms with E-state index in [9.17, 15) is 13.2 Å². The highest BCUT2D eigenvalue weighted by molar-refractivity contribution is 7.92. The van der Waals surface area contributed by atoms with Crippen molar-refractivity contribution in [1.29, 1.82) is 0 Å². The Morgan fingerprint density at radius 3 is 2.50 bits per heavy atom. The van der Waals surface area contributed by atoms with Crippen LogP contribution in [0.15, 0.2) is 78.0 Å². The van der Waals surface area contributed by atoms with Gasteiger partial charge in [-0.15, -0.1) is 0 Å². The Labute approximate surface area is 200 Å². The maximum atomic E-state index is 13.4. The number of amides is 1. The number of aromatic nitrogens is 1. The van der Waals surface area contributed by atoms with Gasteiger partial charge >= 0.3 is 0 Å². The molecule has 1 amide bonds. The van der Waals surface area contributed by atoms with E-state index in [1.165, 1.54) is 12.1 Å². The highest BCUT2D eigenvalue weighted by Gasteiger charge is 2.27. The quantitative estimate of drug-likeness (QED) is 0.337. The average Bonchev–Trinajstić information content (AvgIpc) is 2.84. The number of sulfonamides is 1. The van der Waals surface area contributed by atoms with Crippen molar-refractivity contribution in [2.24, 2.45) is 5.73 Å². The number of pyridine rings is 1. The SMILES string of the molecule is Cc1cc(OCCNc2ccncc2)cc(N(CC(=O)NCCN)S(=O)(=O)c2ccccc2)c1. The molecule has 10 heteroatoms. The van der Waals surface area contributed by atoms with Gasteiger partial charge in [0.25, 0.3) is 10.0 Å². The molecule has 34 heavy (non-hydrogen) atoms. The molecule has 0 aliphatic heterocycles. The number of aryl methyl sites for hydroxylation is 1. The van der Waals surface area contributed by atoms with Crippen LogP contribution >= 0.6 is 0 Å². The molecule has 0 unspecified atom stereocenters. The van der Waals surface area contributed by atoms with Gasteiger partial charge in [0.2, 0.25) is 5.91 Å². The topological polar surface area (TPSA) is 127 Å². The molecule has 1 heterocycles. The highest BCUT2D eigenvalue weighted by Crippen LogP contribution is 2.28. The number of hydrogen-bond donors (Lipinski definition) is 3. The van der Waals surface area contributed by atoms with Crippen molar-refractivity contribution in [3.63, 3.8) is 0 Å². The molecule has 0 saturated carbocycles. The predicted molar refractivity (Wildman–Crippen MR) is 132 cm³/mol. The zero-order chi connectivity index (χ0) is 24.4. The van der Waals surface area contributed by atoms with Crippen LogP contribution in [0, 0.1) is 6.92 Å². The molecule has 0 spiro atoms. The van der Waals surface area contributed by atoms with Crippen LogP contribution in [0.4, 0.5) is 11.4 Å². The molecular formula is C24H29N5O4S. The molecule has 3 rings (SSSR count). The van der Waals surface area contributed by atoms with E-state index in [0.29, 0.717) is 24.6 Å². The summed E-state index contributed by atoms with van der Waals surface area (Å²) >= 11 is 0. The van der Waals surface area contributed by atoms with Crippen molar-refractivity contribution in [3.05, 3.63) is 78.6 Å². The van der Waals surface area contributed by atoms with Crippen LogP contribution < -0.4 is 25.4 Å². The largest absolute Gasteiger partial charge is 0.492 e. The first-order valence-corrected chi connectivity index (χ1v) is 12.3. The number of carbonyl (C=O) groups is 1. The second-order valence-corrected chi connectivity index (χ2v) is 9.34. The van der Waals surface area contributed by atoms with Crippen LogP contribution in [0.1, 0.15) is 5.56 Å². The van der Waals surface area contributed by atoms with Crippen molar-refractivity contribution in [3.8, 4) is 5.75 Å². The summed E-state index contributed by atoms with van der Waals surface area (Å²) in [6.07, 6.45) is 3.39. The van der Waals surface area contributed by atoms with Crippen LogP contribution in [0.2, 0.25) is 0 Å². The van der Waals surface area contributed by atoms with E-state index in [1.54, 1.807) is 42.7 Å². The molecule has 0 radical (unpaired) electrons. The fourth-order valence-electron chi connectivity index (χ4n) is 3.22. The Bertz CT molecular complexity index is 1170. The Morgan fingerprint density at radius 2 is 1.79 bits per heavy atom. The molecule has 0 fully saturated rings. The van der Waals surface area contributed by atoms with Crippen molar-refractivity contribution < 1.29 is 17.9 Å². The van der Waals surface area contributed by atoms with Gasteiger partial charge in [-0.1, -0.05) is 18.2 Å². The van der Waals surface area contributed by atoms with Crippen LogP contribution in [-0.2, 0) is 14.8 Å². The minimum absolute atomic E-state index is 0.0900. The van der Waals surface area contributed by atoms with Gasteiger partial charge in [-0.25, -0.2) is 8.42 Å². The standard InChI is InChI=1S/C24H29N5O4S/c1-19-15-21(17-22(16-19)33-14-13-27-20-7-10-26-11-8-20)29(18-24(30)28-12-9-25)34(31,32)23-5-3-2-4-6-23/h2-8,10-11,15-17H,9,12-14,18,25H2,1H3,(H,26,27)(H,28,30). The zero-order valence-corrected chi connectivity index (χ0v) is 19.8. The van der Waals surface area contributed by atoms with Gasteiger partial charge < -0.3 is 21.1 Å². The summed E-state index contributed by atoms with van der Waals surface area (Å²) in [7, 11) is -4.00. The summed E-state index contributed by atoms with van der Waals surface area (Å²) in [6, 6.07) is 16.9. The van der Waals surface area contributed by atoms with E-state index in [4.69, 9.17) is 10.5 Å². The molecule has 0 atom stereocenters. The molecule has 2 aromatic carbocycles. The lowest BCUT2D eigenvalue weighted by molar-refractivity contribution is -0.119. The minimum Gasteiger partial charge on any atom is -0.492 e. The highest BCUT2D eigenvalue weighted by atomic mass is 32.2. The van der Waals surface area contributed by atoms with Crippen LogP contribution in [0.3, 0.4) is 0 Å². The summed E-state index contributed by atoms with van der Waals surface area (Å²) in [5, 5.41) is 5.85. The number of nitrogens with one attached hydrogen (secondary N) is 2. The monoisotopic (exact) mass is 483 g/mol. The maximum Gasteiger partial charge on any atom is 0.264 e. The van der Waals surface area contributed by atoms with Gasteiger partial charge in [0.15, 0.2) is 0 Å². The van der Waals surface area contributed by atoms with E-state index in [1.807, 2.05) is 25.1 Å². The second kappa shape index (κ2) is 12.0. The molecule has 180 valence electrons. The number of nitrogens with two attached hydrogens (primary N) is 1. The number of rotatable bonds is 12. The minimum atomic E-state index is -4.00. The fourth-order valence-corrected chi connectivity index (χ4v) is 4.65. The average molecular weight is 484 g/mol. The third kappa shape index (κ3) is 6.93. The summed E-state index contributed by atoms with van der Waals surface area (Å²) in [6.45, 7) is 2.86. The number of benzene rings is 2. The molecule has 4 N–H and O–H groups in total. The third-order valence-electron chi connectivity index (χ3n) is 4.79. The first-order chi connectivity index (χ1) is 16.4. The summed E-state index contributed by atoms with van der Waals surface area (Å²) in [5.41, 5.74) is 7.52. The van der Waals surface area contributed by atoms with E-state index < -0.39 is 15.9 Å². The van der Waals surface area contributed by atoms with Crippen LogP contribution in [0.25, 0.3) is 0 Å². The third-order valence-corrected chi connectivity index (χ3v) is 6.58. The first kappa shape index (κ1) is 25.0. The predicted octanol–water partition coefficient (Wildman–Crippen LogP) is 2.15. The summed E-state index contributed by atoms with van der Waals surface area (Å²) in [4.78, 5) is 16.5. The van der Waals surface area contributed by atoms with Gasteiger partial charge in [0.1, 0.15) is 18.9 Å². The fraction of sp³-hybridized carbons (Fsp3) is 0.250. The Kier molecular flexibility index (Phi) is 8.83. The van der Waals surface area contributed by atoms with E-state index in [-0.39, 0.29) is 24.5 Å². The lowest BCUT2D eigenvalue weighted by atomic mass is 10.2. The number of nitrogens with zero attached hydrogens (tertiary/aromatic N) is 2. The normalized spacial score (nSPS) is 11.0. The molecule has 3 aromatic rings. The van der Waals surface area contributed by atoms with Gasteiger partial charge in [-0.2, -0.15) is 0 Å². The molecule has 0 aliphatic rings. The smallest absolute Gasteiger partial charge is 0.264 e. The van der Waals surface area contributed by atoms with Crippen molar-refractivity contribution in [2.75, 3.05) is 42.4 Å². The van der Waals surface area contributed by atoms with E-state index in [0.717, 1.165) is 15.6 Å². The second-order valence-electron chi connectivity index (χ2n) is 7.48. The van der Waals surface area contributed by atoms with E-state index >= 15 is 0 Å². The summed E-state index contributed by atoms with van der Waals surface area (Å²) in [5.74, 6) is 0.0534.